The highest BCUT2D eigenvalue weighted by Crippen LogP contribution is 2.34. The van der Waals surface area contributed by atoms with Gasteiger partial charge in [-0.2, -0.15) is 5.10 Å². The molecule has 1 aromatic heterocycles. The van der Waals surface area contributed by atoms with Crippen molar-refractivity contribution in [3.8, 4) is 33.9 Å². The number of hydrogen-bond donors (Lipinski definition) is 1. The highest BCUT2D eigenvalue weighted by atomic mass is 16.6. The summed E-state index contributed by atoms with van der Waals surface area (Å²) in [6.45, 7) is 0.919. The van der Waals surface area contributed by atoms with E-state index >= 15 is 0 Å². The molecule has 0 aliphatic carbocycles. The first kappa shape index (κ1) is 20.5. The predicted molar refractivity (Wildman–Crippen MR) is 126 cm³/mol. The number of amides is 1. The summed E-state index contributed by atoms with van der Waals surface area (Å²) in [7, 11) is 1.55. The van der Waals surface area contributed by atoms with Crippen molar-refractivity contribution in [3.63, 3.8) is 0 Å². The standard InChI is InChI=1S/C26H21N3O4/c1-29-26(31)23(25(30)27-19-12-13-20-21(16-19)33-15-14-32-20)22(17-8-4-2-5-9-17)24(28-29)18-10-6-3-7-11-18/h2-13,16H,14-15H2,1H3,(H,27,30). The van der Waals surface area contributed by atoms with Crippen molar-refractivity contribution in [2.24, 2.45) is 7.05 Å². The van der Waals surface area contributed by atoms with Crippen molar-refractivity contribution in [3.05, 3.63) is 94.8 Å². The number of aryl methyl sites for hydroxylation is 1. The lowest BCUT2D eigenvalue weighted by Gasteiger charge is -2.19. The Kier molecular flexibility index (Phi) is 5.36. The van der Waals surface area contributed by atoms with Crippen LogP contribution in [0.1, 0.15) is 10.4 Å². The molecule has 2 heterocycles. The predicted octanol–water partition coefficient (Wildman–Crippen LogP) is 4.14. The first-order chi connectivity index (χ1) is 16.1. The lowest BCUT2D eigenvalue weighted by molar-refractivity contribution is 0.102. The minimum Gasteiger partial charge on any atom is -0.486 e. The maximum Gasteiger partial charge on any atom is 0.280 e. The van der Waals surface area contributed by atoms with Crippen LogP contribution in [0.3, 0.4) is 0 Å². The van der Waals surface area contributed by atoms with Crippen LogP contribution in [0.2, 0.25) is 0 Å². The van der Waals surface area contributed by atoms with E-state index in [0.717, 1.165) is 11.1 Å². The average Bonchev–Trinajstić information content (AvgIpc) is 2.86. The van der Waals surface area contributed by atoms with Gasteiger partial charge >= 0.3 is 0 Å². The van der Waals surface area contributed by atoms with E-state index in [1.54, 1.807) is 25.2 Å². The molecule has 4 aromatic rings. The molecule has 0 saturated heterocycles. The summed E-state index contributed by atoms with van der Waals surface area (Å²) in [5.41, 5.74) is 2.62. The van der Waals surface area contributed by atoms with Crippen LogP contribution in [-0.2, 0) is 7.05 Å². The fraction of sp³-hybridized carbons (Fsp3) is 0.115. The number of carbonyl (C=O) groups excluding carboxylic acids is 1. The minimum absolute atomic E-state index is 0.0208. The minimum atomic E-state index is -0.522. The van der Waals surface area contributed by atoms with Crippen molar-refractivity contribution in [2.45, 2.75) is 0 Å². The Balaban J connectivity index is 1.65. The van der Waals surface area contributed by atoms with Gasteiger partial charge in [-0.05, 0) is 17.7 Å². The number of nitrogens with zero attached hydrogens (tertiary/aromatic N) is 2. The number of anilines is 1. The van der Waals surface area contributed by atoms with E-state index in [-0.39, 0.29) is 5.56 Å². The number of carbonyl (C=O) groups is 1. The third-order valence-corrected chi connectivity index (χ3v) is 5.38. The Bertz CT molecular complexity index is 1380. The lowest BCUT2D eigenvalue weighted by atomic mass is 9.95. The molecule has 7 nitrogen and oxygen atoms in total. The Hall–Kier alpha value is -4.39. The zero-order chi connectivity index (χ0) is 22.8. The normalized spacial score (nSPS) is 12.3. The van der Waals surface area contributed by atoms with E-state index in [9.17, 15) is 9.59 Å². The molecule has 1 amide bonds. The Morgan fingerprint density at radius 3 is 2.21 bits per heavy atom. The Labute approximate surface area is 190 Å². The van der Waals surface area contributed by atoms with Gasteiger partial charge in [0.2, 0.25) is 0 Å². The van der Waals surface area contributed by atoms with Crippen molar-refractivity contribution < 1.29 is 14.3 Å². The monoisotopic (exact) mass is 439 g/mol. The van der Waals surface area contributed by atoms with Crippen molar-refractivity contribution in [2.75, 3.05) is 18.5 Å². The smallest absolute Gasteiger partial charge is 0.280 e. The van der Waals surface area contributed by atoms with E-state index in [1.807, 2.05) is 60.7 Å². The van der Waals surface area contributed by atoms with Crippen molar-refractivity contribution in [1.82, 2.24) is 9.78 Å². The summed E-state index contributed by atoms with van der Waals surface area (Å²) in [6, 6.07) is 24.0. The van der Waals surface area contributed by atoms with Crippen LogP contribution in [0, 0.1) is 0 Å². The summed E-state index contributed by atoms with van der Waals surface area (Å²) in [6.07, 6.45) is 0. The van der Waals surface area contributed by atoms with Gasteiger partial charge < -0.3 is 14.8 Å². The van der Waals surface area contributed by atoms with Gasteiger partial charge in [-0.15, -0.1) is 0 Å². The molecular formula is C26H21N3O4. The maximum absolute atomic E-state index is 13.5. The molecule has 0 spiro atoms. The van der Waals surface area contributed by atoms with Gasteiger partial charge in [-0.25, -0.2) is 4.68 Å². The summed E-state index contributed by atoms with van der Waals surface area (Å²) in [5.74, 6) is 0.649. The number of ether oxygens (including phenoxy) is 2. The zero-order valence-electron chi connectivity index (χ0n) is 17.9. The molecule has 0 fully saturated rings. The molecule has 5 rings (SSSR count). The summed E-state index contributed by atoms with van der Waals surface area (Å²) >= 11 is 0. The first-order valence-electron chi connectivity index (χ1n) is 10.5. The van der Waals surface area contributed by atoms with Crippen LogP contribution in [0.25, 0.3) is 22.4 Å². The number of nitrogens with one attached hydrogen (secondary N) is 1. The van der Waals surface area contributed by atoms with Gasteiger partial charge in [0.15, 0.2) is 11.5 Å². The van der Waals surface area contributed by atoms with Gasteiger partial charge in [0.05, 0.1) is 5.69 Å². The number of benzene rings is 3. The third kappa shape index (κ3) is 3.96. The van der Waals surface area contributed by atoms with Gasteiger partial charge in [-0.1, -0.05) is 60.7 Å². The fourth-order valence-corrected chi connectivity index (χ4v) is 3.84. The van der Waals surface area contributed by atoms with Crippen LogP contribution in [0.15, 0.2) is 83.7 Å². The van der Waals surface area contributed by atoms with E-state index < -0.39 is 11.5 Å². The lowest BCUT2D eigenvalue weighted by Crippen LogP contribution is -2.31. The molecule has 7 heteroatoms. The van der Waals surface area contributed by atoms with Crippen LogP contribution in [-0.4, -0.2) is 28.9 Å². The number of rotatable bonds is 4. The SMILES string of the molecule is Cn1nc(-c2ccccc2)c(-c2ccccc2)c(C(=O)Nc2ccc3c(c2)OCCO3)c1=O. The number of hydrogen-bond acceptors (Lipinski definition) is 5. The van der Waals surface area contributed by atoms with Crippen LogP contribution in [0.4, 0.5) is 5.69 Å². The second kappa shape index (κ2) is 8.63. The van der Waals surface area contributed by atoms with E-state index in [2.05, 4.69) is 10.4 Å². The quantitative estimate of drug-likeness (QED) is 0.517. The Morgan fingerprint density at radius 2 is 1.52 bits per heavy atom. The van der Waals surface area contributed by atoms with Gasteiger partial charge in [-0.3, -0.25) is 9.59 Å². The number of aromatic nitrogens is 2. The molecule has 164 valence electrons. The molecular weight excluding hydrogens is 418 g/mol. The van der Waals surface area contributed by atoms with Gasteiger partial charge in [0, 0.05) is 29.9 Å². The third-order valence-electron chi connectivity index (χ3n) is 5.38. The molecule has 0 unspecified atom stereocenters. The zero-order valence-corrected chi connectivity index (χ0v) is 17.9. The molecule has 0 radical (unpaired) electrons. The molecule has 0 bridgehead atoms. The summed E-state index contributed by atoms with van der Waals surface area (Å²) in [4.78, 5) is 26.7. The van der Waals surface area contributed by atoms with Crippen LogP contribution in [0.5, 0.6) is 11.5 Å². The largest absolute Gasteiger partial charge is 0.486 e. The molecule has 1 aliphatic rings. The van der Waals surface area contributed by atoms with Crippen molar-refractivity contribution in [1.29, 1.82) is 0 Å². The maximum atomic E-state index is 13.5. The molecule has 0 saturated carbocycles. The molecule has 0 atom stereocenters. The molecule has 1 aliphatic heterocycles. The van der Waals surface area contributed by atoms with E-state index in [0.29, 0.717) is 41.7 Å². The van der Waals surface area contributed by atoms with Gasteiger partial charge in [0.1, 0.15) is 18.8 Å². The topological polar surface area (TPSA) is 82.5 Å². The Morgan fingerprint density at radius 1 is 0.879 bits per heavy atom. The van der Waals surface area contributed by atoms with E-state index in [4.69, 9.17) is 9.47 Å². The molecule has 3 aromatic carbocycles. The second-order valence-electron chi connectivity index (χ2n) is 7.57. The second-order valence-corrected chi connectivity index (χ2v) is 7.57. The van der Waals surface area contributed by atoms with Gasteiger partial charge in [0.25, 0.3) is 11.5 Å². The van der Waals surface area contributed by atoms with E-state index in [1.165, 1.54) is 4.68 Å². The first-order valence-corrected chi connectivity index (χ1v) is 10.5. The average molecular weight is 439 g/mol. The van der Waals surface area contributed by atoms with Crippen LogP contribution < -0.4 is 20.3 Å². The fourth-order valence-electron chi connectivity index (χ4n) is 3.84. The summed E-state index contributed by atoms with van der Waals surface area (Å²) in [5, 5.41) is 7.36. The van der Waals surface area contributed by atoms with Crippen molar-refractivity contribution >= 4 is 11.6 Å². The van der Waals surface area contributed by atoms with Crippen LogP contribution >= 0.6 is 0 Å². The highest BCUT2D eigenvalue weighted by Gasteiger charge is 2.25. The molecule has 33 heavy (non-hydrogen) atoms. The number of fused-ring (bicyclic) bond motifs is 1. The summed E-state index contributed by atoms with van der Waals surface area (Å²) < 4.78 is 12.4. The molecule has 1 N–H and O–H groups in total. The highest BCUT2D eigenvalue weighted by molar-refractivity contribution is 6.10.